The molecule has 0 aromatic carbocycles. The maximum Gasteiger partial charge on any atom is 0.248 e. The van der Waals surface area contributed by atoms with Crippen LogP contribution in [0, 0.1) is 5.92 Å². The average Bonchev–Trinajstić information content (AvgIpc) is 2.19. The third-order valence-corrected chi connectivity index (χ3v) is 2.81. The Hall–Kier alpha value is -0.610. The number of nitrogens with zero attached hydrogens (tertiary/aromatic N) is 1. The molecule has 1 heterocycles. The maximum atomic E-state index is 11.5. The van der Waals surface area contributed by atoms with E-state index >= 15 is 0 Å². The van der Waals surface area contributed by atoms with Crippen molar-refractivity contribution < 1.29 is 14.3 Å². The minimum absolute atomic E-state index is 0.0569. The van der Waals surface area contributed by atoms with Crippen LogP contribution in [-0.4, -0.2) is 50.8 Å². The van der Waals surface area contributed by atoms with E-state index in [-0.39, 0.29) is 18.6 Å². The van der Waals surface area contributed by atoms with Crippen molar-refractivity contribution in [2.75, 3.05) is 33.9 Å². The number of carbonyl (C=O) groups excluding carboxylic acids is 1. The van der Waals surface area contributed by atoms with Crippen LogP contribution in [0.5, 0.6) is 0 Å². The molecule has 0 N–H and O–H groups in total. The highest BCUT2D eigenvalue weighted by Gasteiger charge is 2.28. The molecular weight excluding hydrogens is 182 g/mol. The van der Waals surface area contributed by atoms with Crippen molar-refractivity contribution in [3.63, 3.8) is 0 Å². The van der Waals surface area contributed by atoms with Crippen LogP contribution in [0.3, 0.4) is 0 Å². The van der Waals surface area contributed by atoms with Gasteiger partial charge in [-0.25, -0.2) is 0 Å². The van der Waals surface area contributed by atoms with Gasteiger partial charge in [-0.15, -0.1) is 0 Å². The Kier molecular flexibility index (Phi) is 4.35. The second-order valence-corrected chi connectivity index (χ2v) is 3.81. The number of methoxy groups -OCH3 is 2. The quantitative estimate of drug-likeness (QED) is 0.668. The largest absolute Gasteiger partial charge is 0.379 e. The number of amides is 1. The lowest BCUT2D eigenvalue weighted by Crippen LogP contribution is -2.47. The summed E-state index contributed by atoms with van der Waals surface area (Å²) < 4.78 is 10.1. The predicted molar refractivity (Wildman–Crippen MR) is 53.0 cm³/mol. The number of hydrogen-bond acceptors (Lipinski definition) is 3. The summed E-state index contributed by atoms with van der Waals surface area (Å²) in [5.74, 6) is 0.591. The van der Waals surface area contributed by atoms with Gasteiger partial charge in [-0.2, -0.15) is 0 Å². The summed E-state index contributed by atoms with van der Waals surface area (Å²) in [5.41, 5.74) is 0. The predicted octanol–water partition coefficient (Wildman–Crippen LogP) is 0.516. The zero-order valence-electron chi connectivity index (χ0n) is 9.16. The zero-order valence-corrected chi connectivity index (χ0v) is 9.16. The van der Waals surface area contributed by atoms with Crippen LogP contribution >= 0.6 is 0 Å². The standard InChI is InChI=1S/C10H19NO3/c1-8-4-5-11(6-9(8)14-3)10(12)7-13-2/h8-9H,4-7H2,1-3H3. The minimum Gasteiger partial charge on any atom is -0.379 e. The number of rotatable bonds is 3. The van der Waals surface area contributed by atoms with Crippen LogP contribution in [0.2, 0.25) is 0 Å². The maximum absolute atomic E-state index is 11.5. The number of piperidine rings is 1. The van der Waals surface area contributed by atoms with E-state index in [1.807, 2.05) is 4.90 Å². The second-order valence-electron chi connectivity index (χ2n) is 3.81. The first kappa shape index (κ1) is 11.5. The van der Waals surface area contributed by atoms with Crippen LogP contribution in [0.1, 0.15) is 13.3 Å². The lowest BCUT2D eigenvalue weighted by molar-refractivity contribution is -0.140. The van der Waals surface area contributed by atoms with Crippen molar-refractivity contribution in [1.82, 2.24) is 4.90 Å². The van der Waals surface area contributed by atoms with Crippen molar-refractivity contribution in [2.24, 2.45) is 5.92 Å². The Labute approximate surface area is 85.2 Å². The summed E-state index contributed by atoms with van der Waals surface area (Å²) in [6.07, 6.45) is 1.18. The summed E-state index contributed by atoms with van der Waals surface area (Å²) >= 11 is 0. The summed E-state index contributed by atoms with van der Waals surface area (Å²) in [4.78, 5) is 13.3. The smallest absolute Gasteiger partial charge is 0.248 e. The highest BCUT2D eigenvalue weighted by Crippen LogP contribution is 2.19. The van der Waals surface area contributed by atoms with Crippen molar-refractivity contribution in [1.29, 1.82) is 0 Å². The lowest BCUT2D eigenvalue weighted by atomic mass is 9.96. The Morgan fingerprint density at radius 3 is 2.79 bits per heavy atom. The molecule has 1 rings (SSSR count). The van der Waals surface area contributed by atoms with E-state index in [1.165, 1.54) is 7.11 Å². The highest BCUT2D eigenvalue weighted by atomic mass is 16.5. The van der Waals surface area contributed by atoms with Crippen molar-refractivity contribution >= 4 is 5.91 Å². The van der Waals surface area contributed by atoms with E-state index in [1.54, 1.807) is 7.11 Å². The molecule has 82 valence electrons. The molecule has 1 aliphatic rings. The van der Waals surface area contributed by atoms with Crippen LogP contribution in [-0.2, 0) is 14.3 Å². The molecule has 0 radical (unpaired) electrons. The topological polar surface area (TPSA) is 38.8 Å². The van der Waals surface area contributed by atoms with Crippen molar-refractivity contribution in [3.05, 3.63) is 0 Å². The van der Waals surface area contributed by atoms with Crippen LogP contribution < -0.4 is 0 Å². The first-order chi connectivity index (χ1) is 6.69. The van der Waals surface area contributed by atoms with Gasteiger partial charge in [-0.05, 0) is 12.3 Å². The second kappa shape index (κ2) is 5.32. The SMILES string of the molecule is COCC(=O)N1CCC(C)C(OC)C1. The van der Waals surface area contributed by atoms with Gasteiger partial charge in [0.25, 0.3) is 0 Å². The van der Waals surface area contributed by atoms with E-state index in [0.29, 0.717) is 12.5 Å². The molecule has 4 nitrogen and oxygen atoms in total. The van der Waals surface area contributed by atoms with Crippen molar-refractivity contribution in [2.45, 2.75) is 19.4 Å². The number of ether oxygens (including phenoxy) is 2. The molecular formula is C10H19NO3. The fraction of sp³-hybridized carbons (Fsp3) is 0.900. The Bertz CT molecular complexity index is 196. The third-order valence-electron chi connectivity index (χ3n) is 2.81. The molecule has 0 aromatic rings. The fourth-order valence-corrected chi connectivity index (χ4v) is 1.78. The number of hydrogen-bond donors (Lipinski definition) is 0. The molecule has 1 fully saturated rings. The summed E-state index contributed by atoms with van der Waals surface area (Å²) in [7, 11) is 3.24. The van der Waals surface area contributed by atoms with Gasteiger partial charge in [0.05, 0.1) is 6.10 Å². The van der Waals surface area contributed by atoms with Crippen LogP contribution in [0.4, 0.5) is 0 Å². The summed E-state index contributed by atoms with van der Waals surface area (Å²) in [6.45, 7) is 3.85. The van der Waals surface area contributed by atoms with E-state index in [2.05, 4.69) is 6.92 Å². The number of likely N-dealkylation sites (tertiary alicyclic amines) is 1. The number of carbonyl (C=O) groups is 1. The molecule has 2 atom stereocenters. The zero-order chi connectivity index (χ0) is 10.6. The Balaban J connectivity index is 2.45. The molecule has 0 aromatic heterocycles. The lowest BCUT2D eigenvalue weighted by Gasteiger charge is -2.36. The van der Waals surface area contributed by atoms with E-state index in [4.69, 9.17) is 9.47 Å². The van der Waals surface area contributed by atoms with Gasteiger partial charge >= 0.3 is 0 Å². The summed E-state index contributed by atoms with van der Waals surface area (Å²) in [5, 5.41) is 0. The fourth-order valence-electron chi connectivity index (χ4n) is 1.78. The Morgan fingerprint density at radius 1 is 1.50 bits per heavy atom. The minimum atomic E-state index is 0.0569. The van der Waals surface area contributed by atoms with Gasteiger partial charge < -0.3 is 14.4 Å². The van der Waals surface area contributed by atoms with E-state index in [9.17, 15) is 4.79 Å². The summed E-state index contributed by atoms with van der Waals surface area (Å²) in [6, 6.07) is 0. The first-order valence-corrected chi connectivity index (χ1v) is 4.98. The van der Waals surface area contributed by atoms with Gasteiger partial charge in [0.2, 0.25) is 5.91 Å². The normalized spacial score (nSPS) is 27.8. The van der Waals surface area contributed by atoms with Crippen LogP contribution in [0.25, 0.3) is 0 Å². The van der Waals surface area contributed by atoms with Gasteiger partial charge in [-0.1, -0.05) is 6.92 Å². The van der Waals surface area contributed by atoms with Gasteiger partial charge in [0, 0.05) is 27.3 Å². The molecule has 0 bridgehead atoms. The van der Waals surface area contributed by atoms with E-state index in [0.717, 1.165) is 13.0 Å². The molecule has 1 saturated heterocycles. The molecule has 2 unspecified atom stereocenters. The highest BCUT2D eigenvalue weighted by molar-refractivity contribution is 5.77. The third kappa shape index (κ3) is 2.69. The molecule has 0 spiro atoms. The monoisotopic (exact) mass is 201 g/mol. The van der Waals surface area contributed by atoms with Crippen molar-refractivity contribution in [3.8, 4) is 0 Å². The average molecular weight is 201 g/mol. The first-order valence-electron chi connectivity index (χ1n) is 4.98. The molecule has 0 aliphatic carbocycles. The van der Waals surface area contributed by atoms with Gasteiger partial charge in [0.1, 0.15) is 6.61 Å². The molecule has 0 saturated carbocycles. The molecule has 1 amide bonds. The Morgan fingerprint density at radius 2 is 2.21 bits per heavy atom. The molecule has 1 aliphatic heterocycles. The van der Waals surface area contributed by atoms with Gasteiger partial charge in [0.15, 0.2) is 0 Å². The van der Waals surface area contributed by atoms with Gasteiger partial charge in [-0.3, -0.25) is 4.79 Å². The molecule has 14 heavy (non-hydrogen) atoms. The molecule has 4 heteroatoms. The van der Waals surface area contributed by atoms with E-state index < -0.39 is 0 Å². The van der Waals surface area contributed by atoms with Crippen LogP contribution in [0.15, 0.2) is 0 Å².